The minimum absolute atomic E-state index is 0.000551. The first-order valence-electron chi connectivity index (χ1n) is 7.41. The van der Waals surface area contributed by atoms with Gasteiger partial charge in [-0.25, -0.2) is 9.89 Å². The number of aryl methyl sites for hydroxylation is 1. The van der Waals surface area contributed by atoms with E-state index in [9.17, 15) is 4.79 Å². The molecule has 1 heterocycles. The molecular weight excluding hydrogens is 284 g/mol. The SMILES string of the molecule is NC1c2ccccc2CCC1Sc1n[nH]c(=O)n1C1CC1. The fourth-order valence-corrected chi connectivity index (χ4v) is 4.30. The summed E-state index contributed by atoms with van der Waals surface area (Å²) in [5, 5.41) is 7.84. The number of nitrogens with zero attached hydrogens (tertiary/aromatic N) is 2. The van der Waals surface area contributed by atoms with Crippen molar-refractivity contribution in [2.75, 3.05) is 0 Å². The minimum Gasteiger partial charge on any atom is -0.323 e. The molecule has 6 heteroatoms. The molecule has 0 spiro atoms. The number of benzene rings is 1. The van der Waals surface area contributed by atoms with Crippen LogP contribution in [0.25, 0.3) is 0 Å². The Hall–Kier alpha value is -1.53. The maximum atomic E-state index is 11.8. The van der Waals surface area contributed by atoms with E-state index in [0.29, 0.717) is 6.04 Å². The summed E-state index contributed by atoms with van der Waals surface area (Å²) >= 11 is 1.65. The fourth-order valence-electron chi connectivity index (χ4n) is 3.06. The lowest BCUT2D eigenvalue weighted by molar-refractivity contribution is 0.579. The molecule has 110 valence electrons. The molecule has 1 aromatic heterocycles. The van der Waals surface area contributed by atoms with Gasteiger partial charge in [-0.2, -0.15) is 0 Å². The molecule has 0 radical (unpaired) electrons. The molecule has 5 nitrogen and oxygen atoms in total. The lowest BCUT2D eigenvalue weighted by Crippen LogP contribution is -2.30. The zero-order chi connectivity index (χ0) is 14.4. The minimum atomic E-state index is -0.0928. The number of nitrogens with two attached hydrogens (primary N) is 1. The first kappa shape index (κ1) is 13.2. The molecule has 3 N–H and O–H groups in total. The molecule has 0 saturated heterocycles. The van der Waals surface area contributed by atoms with Gasteiger partial charge in [0.15, 0.2) is 5.16 Å². The van der Waals surface area contributed by atoms with Gasteiger partial charge in [-0.05, 0) is 36.8 Å². The highest BCUT2D eigenvalue weighted by Gasteiger charge is 2.32. The van der Waals surface area contributed by atoms with Crippen LogP contribution in [0, 0.1) is 0 Å². The number of hydrogen-bond acceptors (Lipinski definition) is 4. The van der Waals surface area contributed by atoms with Gasteiger partial charge in [0, 0.05) is 17.3 Å². The monoisotopic (exact) mass is 302 g/mol. The average Bonchev–Trinajstić information content (AvgIpc) is 3.27. The van der Waals surface area contributed by atoms with Gasteiger partial charge in [-0.15, -0.1) is 5.10 Å². The van der Waals surface area contributed by atoms with Crippen molar-refractivity contribution in [3.63, 3.8) is 0 Å². The Morgan fingerprint density at radius 2 is 2.10 bits per heavy atom. The normalized spacial score (nSPS) is 24.8. The van der Waals surface area contributed by atoms with E-state index < -0.39 is 0 Å². The molecule has 1 aromatic carbocycles. The smallest absolute Gasteiger partial charge is 0.323 e. The van der Waals surface area contributed by atoms with Crippen LogP contribution in [0.15, 0.2) is 34.2 Å². The van der Waals surface area contributed by atoms with Gasteiger partial charge in [-0.1, -0.05) is 36.0 Å². The van der Waals surface area contributed by atoms with Crippen LogP contribution >= 0.6 is 11.8 Å². The van der Waals surface area contributed by atoms with Crippen LogP contribution in [-0.2, 0) is 6.42 Å². The van der Waals surface area contributed by atoms with Crippen LogP contribution in [0.3, 0.4) is 0 Å². The van der Waals surface area contributed by atoms with E-state index in [2.05, 4.69) is 28.4 Å². The predicted molar refractivity (Wildman–Crippen MR) is 82.5 cm³/mol. The summed E-state index contributed by atoms with van der Waals surface area (Å²) in [4.78, 5) is 11.8. The molecule has 2 aliphatic carbocycles. The predicted octanol–water partition coefficient (Wildman–Crippen LogP) is 2.01. The van der Waals surface area contributed by atoms with Crippen molar-refractivity contribution in [3.8, 4) is 0 Å². The fraction of sp³-hybridized carbons (Fsp3) is 0.467. The van der Waals surface area contributed by atoms with Crippen LogP contribution in [0.1, 0.15) is 42.5 Å². The molecule has 2 aromatic rings. The molecular formula is C15H18N4OS. The van der Waals surface area contributed by atoms with Crippen molar-refractivity contribution >= 4 is 11.8 Å². The molecule has 0 aliphatic heterocycles. The second kappa shape index (κ2) is 5.03. The zero-order valence-electron chi connectivity index (χ0n) is 11.7. The largest absolute Gasteiger partial charge is 0.344 e. The highest BCUT2D eigenvalue weighted by Crippen LogP contribution is 2.41. The molecule has 2 atom stereocenters. The maximum Gasteiger partial charge on any atom is 0.344 e. The van der Waals surface area contributed by atoms with Gasteiger partial charge in [0.25, 0.3) is 0 Å². The zero-order valence-corrected chi connectivity index (χ0v) is 12.5. The van der Waals surface area contributed by atoms with Crippen molar-refractivity contribution < 1.29 is 0 Å². The Kier molecular flexibility index (Phi) is 3.15. The van der Waals surface area contributed by atoms with Crippen molar-refractivity contribution in [3.05, 3.63) is 45.9 Å². The topological polar surface area (TPSA) is 76.7 Å². The van der Waals surface area contributed by atoms with Crippen LogP contribution in [0.2, 0.25) is 0 Å². The summed E-state index contributed by atoms with van der Waals surface area (Å²) < 4.78 is 1.80. The standard InChI is InChI=1S/C15H18N4OS/c16-13-11-4-2-1-3-9(11)5-8-12(13)21-15-18-17-14(20)19(15)10-6-7-10/h1-4,10,12-13H,5-8,16H2,(H,17,20). The van der Waals surface area contributed by atoms with E-state index in [4.69, 9.17) is 5.73 Å². The molecule has 4 rings (SSSR count). The first-order chi connectivity index (χ1) is 10.2. The Balaban J connectivity index is 1.60. The molecule has 0 amide bonds. The van der Waals surface area contributed by atoms with E-state index in [1.54, 1.807) is 16.3 Å². The first-order valence-corrected chi connectivity index (χ1v) is 8.29. The van der Waals surface area contributed by atoms with E-state index in [1.165, 1.54) is 11.1 Å². The Labute approximate surface area is 126 Å². The number of nitrogens with one attached hydrogen (secondary N) is 1. The average molecular weight is 302 g/mol. The summed E-state index contributed by atoms with van der Waals surface area (Å²) in [6.07, 6.45) is 4.22. The molecule has 2 aliphatic rings. The van der Waals surface area contributed by atoms with Gasteiger partial charge >= 0.3 is 5.69 Å². The maximum absolute atomic E-state index is 11.8. The van der Waals surface area contributed by atoms with Gasteiger partial charge in [0.2, 0.25) is 0 Å². The van der Waals surface area contributed by atoms with Crippen LogP contribution < -0.4 is 11.4 Å². The summed E-state index contributed by atoms with van der Waals surface area (Å²) in [5.74, 6) is 0. The third-order valence-electron chi connectivity index (χ3n) is 4.35. The van der Waals surface area contributed by atoms with Crippen molar-refractivity contribution in [1.82, 2.24) is 14.8 Å². The Morgan fingerprint density at radius 1 is 1.29 bits per heavy atom. The van der Waals surface area contributed by atoms with Gasteiger partial charge in [0.1, 0.15) is 0 Å². The second-order valence-electron chi connectivity index (χ2n) is 5.83. The van der Waals surface area contributed by atoms with Gasteiger partial charge in [0.05, 0.1) is 0 Å². The summed E-state index contributed by atoms with van der Waals surface area (Å²) in [7, 11) is 0. The molecule has 0 bridgehead atoms. The molecule has 2 unspecified atom stereocenters. The van der Waals surface area contributed by atoms with Gasteiger partial charge < -0.3 is 5.73 Å². The molecule has 21 heavy (non-hydrogen) atoms. The Morgan fingerprint density at radius 3 is 2.90 bits per heavy atom. The number of H-pyrrole nitrogens is 1. The van der Waals surface area contributed by atoms with Crippen LogP contribution in [0.5, 0.6) is 0 Å². The van der Waals surface area contributed by atoms with E-state index in [1.807, 2.05) is 6.07 Å². The number of thioether (sulfide) groups is 1. The highest BCUT2D eigenvalue weighted by atomic mass is 32.2. The number of aromatic nitrogens is 3. The number of aromatic amines is 1. The van der Waals surface area contributed by atoms with E-state index in [0.717, 1.165) is 30.8 Å². The number of hydrogen-bond donors (Lipinski definition) is 2. The Bertz CT molecular complexity index is 718. The third-order valence-corrected chi connectivity index (χ3v) is 5.68. The van der Waals surface area contributed by atoms with Crippen LogP contribution in [-0.4, -0.2) is 20.0 Å². The highest BCUT2D eigenvalue weighted by molar-refractivity contribution is 7.99. The van der Waals surface area contributed by atoms with E-state index >= 15 is 0 Å². The lowest BCUT2D eigenvalue weighted by atomic mass is 9.88. The molecule has 1 saturated carbocycles. The van der Waals surface area contributed by atoms with Gasteiger partial charge in [-0.3, -0.25) is 4.57 Å². The third kappa shape index (κ3) is 2.32. The summed E-state index contributed by atoms with van der Waals surface area (Å²) in [6, 6.07) is 8.72. The van der Waals surface area contributed by atoms with Crippen molar-refractivity contribution in [2.45, 2.75) is 48.2 Å². The lowest BCUT2D eigenvalue weighted by Gasteiger charge is -2.30. The quantitative estimate of drug-likeness (QED) is 0.909. The van der Waals surface area contributed by atoms with Crippen molar-refractivity contribution in [2.24, 2.45) is 5.73 Å². The second-order valence-corrected chi connectivity index (χ2v) is 7.04. The summed E-state index contributed by atoms with van der Waals surface area (Å²) in [5.41, 5.74) is 8.93. The van der Waals surface area contributed by atoms with Crippen LogP contribution in [0.4, 0.5) is 0 Å². The summed E-state index contributed by atoms with van der Waals surface area (Å²) in [6.45, 7) is 0. The van der Waals surface area contributed by atoms with Crippen molar-refractivity contribution in [1.29, 1.82) is 0 Å². The molecule has 1 fully saturated rings. The number of rotatable bonds is 3. The number of fused-ring (bicyclic) bond motifs is 1. The van der Waals surface area contributed by atoms with E-state index in [-0.39, 0.29) is 17.0 Å².